The van der Waals surface area contributed by atoms with Gasteiger partial charge < -0.3 is 25.8 Å². The molecule has 1 aromatic rings. The molecule has 0 aliphatic heterocycles. The summed E-state index contributed by atoms with van der Waals surface area (Å²) in [7, 11) is 0. The molecule has 1 aliphatic rings. The number of hydrogen-bond acceptors (Lipinski definition) is 5. The zero-order chi connectivity index (χ0) is 21.8. The number of amides is 2. The van der Waals surface area contributed by atoms with Crippen LogP contribution >= 0.6 is 0 Å². The number of ether oxygens (including phenoxy) is 1. The SMILES string of the molecule is CC(C)(C)N(C(=O)O)C1CCC(Nc2nc(OCCF)c(C(N)=O)cc2F)CC1. The highest BCUT2D eigenvalue weighted by atomic mass is 19.1. The van der Waals surface area contributed by atoms with Crippen molar-refractivity contribution < 1.29 is 28.2 Å². The Balaban J connectivity index is 2.10. The summed E-state index contributed by atoms with van der Waals surface area (Å²) in [5.41, 5.74) is 4.43. The molecule has 1 heterocycles. The molecule has 4 N–H and O–H groups in total. The first-order valence-corrected chi connectivity index (χ1v) is 9.52. The van der Waals surface area contributed by atoms with Crippen LogP contribution in [-0.4, -0.2) is 57.9 Å². The van der Waals surface area contributed by atoms with Crippen LogP contribution in [0.2, 0.25) is 0 Å². The molecule has 2 rings (SSSR count). The maximum absolute atomic E-state index is 14.4. The van der Waals surface area contributed by atoms with Crippen LogP contribution in [-0.2, 0) is 0 Å². The standard InChI is InChI=1S/C19H28F2N4O4/c1-19(2,3)25(18(27)28)12-6-4-11(5-7-12)23-16-14(21)10-13(15(22)26)17(24-16)29-9-8-20/h10-12H,4-9H2,1-3H3,(H2,22,26)(H,23,24)(H,27,28). The Bertz CT molecular complexity index is 746. The number of carbonyl (C=O) groups excluding carboxylic acids is 1. The van der Waals surface area contributed by atoms with Crippen molar-refractivity contribution in [3.8, 4) is 5.88 Å². The van der Waals surface area contributed by atoms with E-state index >= 15 is 0 Å². The number of nitrogens with one attached hydrogen (secondary N) is 1. The quantitative estimate of drug-likeness (QED) is 0.631. The third-order valence-electron chi connectivity index (χ3n) is 4.85. The van der Waals surface area contributed by atoms with E-state index in [0.29, 0.717) is 25.7 Å². The lowest BCUT2D eigenvalue weighted by Gasteiger charge is -2.42. The van der Waals surface area contributed by atoms with E-state index in [1.807, 2.05) is 20.8 Å². The molecule has 0 atom stereocenters. The number of carbonyl (C=O) groups is 2. The van der Waals surface area contributed by atoms with E-state index in [1.165, 1.54) is 4.90 Å². The van der Waals surface area contributed by atoms with Gasteiger partial charge in [0.25, 0.3) is 5.91 Å². The van der Waals surface area contributed by atoms with Gasteiger partial charge in [-0.25, -0.2) is 13.6 Å². The molecule has 29 heavy (non-hydrogen) atoms. The molecule has 10 heteroatoms. The fourth-order valence-corrected chi connectivity index (χ4v) is 3.66. The van der Waals surface area contributed by atoms with E-state index in [9.17, 15) is 23.5 Å². The molecule has 0 radical (unpaired) electrons. The monoisotopic (exact) mass is 414 g/mol. The van der Waals surface area contributed by atoms with Crippen LogP contribution in [0.3, 0.4) is 0 Å². The molecule has 2 amide bonds. The summed E-state index contributed by atoms with van der Waals surface area (Å²) in [6, 6.07) is 0.671. The van der Waals surface area contributed by atoms with Crippen LogP contribution in [0.25, 0.3) is 0 Å². The molecule has 1 saturated carbocycles. The number of hydrogen-bond donors (Lipinski definition) is 3. The number of primary amides is 1. The van der Waals surface area contributed by atoms with E-state index in [2.05, 4.69) is 10.3 Å². The number of anilines is 1. The highest BCUT2D eigenvalue weighted by Crippen LogP contribution is 2.31. The van der Waals surface area contributed by atoms with Crippen molar-refractivity contribution in [2.75, 3.05) is 18.6 Å². The number of pyridine rings is 1. The van der Waals surface area contributed by atoms with Gasteiger partial charge in [-0.15, -0.1) is 0 Å². The molecule has 0 aromatic carbocycles. The highest BCUT2D eigenvalue weighted by molar-refractivity contribution is 5.95. The minimum Gasteiger partial charge on any atom is -0.474 e. The first kappa shape index (κ1) is 22.6. The van der Waals surface area contributed by atoms with Crippen LogP contribution in [0.15, 0.2) is 6.07 Å². The topological polar surface area (TPSA) is 118 Å². The summed E-state index contributed by atoms with van der Waals surface area (Å²) in [6.45, 7) is 4.43. The van der Waals surface area contributed by atoms with Crippen molar-refractivity contribution in [3.63, 3.8) is 0 Å². The number of carboxylic acid groups (broad SMARTS) is 1. The highest BCUT2D eigenvalue weighted by Gasteiger charge is 2.35. The molecule has 0 spiro atoms. The van der Waals surface area contributed by atoms with Crippen molar-refractivity contribution in [1.29, 1.82) is 0 Å². The molecule has 8 nitrogen and oxygen atoms in total. The van der Waals surface area contributed by atoms with Crippen molar-refractivity contribution in [3.05, 3.63) is 17.4 Å². The summed E-state index contributed by atoms with van der Waals surface area (Å²) in [6.07, 6.45) is 1.51. The number of aromatic nitrogens is 1. The molecule has 0 saturated heterocycles. The van der Waals surface area contributed by atoms with Gasteiger partial charge in [0.15, 0.2) is 11.6 Å². The minimum atomic E-state index is -0.960. The van der Waals surface area contributed by atoms with Gasteiger partial charge in [0, 0.05) is 17.6 Å². The first-order chi connectivity index (χ1) is 13.5. The van der Waals surface area contributed by atoms with E-state index < -0.39 is 30.0 Å². The second-order valence-corrected chi connectivity index (χ2v) is 8.05. The van der Waals surface area contributed by atoms with E-state index in [4.69, 9.17) is 10.5 Å². The Labute approximate surface area is 168 Å². The fraction of sp³-hybridized carbons (Fsp3) is 0.632. The van der Waals surface area contributed by atoms with Crippen LogP contribution in [0.4, 0.5) is 19.4 Å². The van der Waals surface area contributed by atoms with Gasteiger partial charge in [0.05, 0.1) is 0 Å². The third kappa shape index (κ3) is 5.68. The van der Waals surface area contributed by atoms with Gasteiger partial charge in [-0.2, -0.15) is 4.98 Å². The lowest BCUT2D eigenvalue weighted by atomic mass is 9.88. The Kier molecular flexibility index (Phi) is 7.21. The van der Waals surface area contributed by atoms with Crippen LogP contribution in [0.5, 0.6) is 5.88 Å². The number of halogens is 2. The predicted octanol–water partition coefficient (Wildman–Crippen LogP) is 3.17. The third-order valence-corrected chi connectivity index (χ3v) is 4.85. The Morgan fingerprint density at radius 3 is 2.45 bits per heavy atom. The second kappa shape index (κ2) is 9.23. The smallest absolute Gasteiger partial charge is 0.407 e. The van der Waals surface area contributed by atoms with Crippen LogP contribution < -0.4 is 15.8 Å². The number of nitrogens with zero attached hydrogens (tertiary/aromatic N) is 2. The largest absolute Gasteiger partial charge is 0.474 e. The second-order valence-electron chi connectivity index (χ2n) is 8.05. The number of alkyl halides is 1. The molecule has 1 aromatic heterocycles. The van der Waals surface area contributed by atoms with E-state index in [1.54, 1.807) is 0 Å². The number of nitrogens with two attached hydrogens (primary N) is 1. The van der Waals surface area contributed by atoms with Gasteiger partial charge in [-0.1, -0.05) is 0 Å². The normalized spacial score (nSPS) is 19.5. The summed E-state index contributed by atoms with van der Waals surface area (Å²) in [5, 5.41) is 12.5. The van der Waals surface area contributed by atoms with Crippen LogP contribution in [0.1, 0.15) is 56.8 Å². The summed E-state index contributed by atoms with van der Waals surface area (Å²) in [5.74, 6) is -2.03. The molecule has 162 valence electrons. The lowest BCUT2D eigenvalue weighted by molar-refractivity contribution is 0.0556. The van der Waals surface area contributed by atoms with Crippen molar-refractivity contribution in [2.45, 2.75) is 64.1 Å². The Morgan fingerprint density at radius 1 is 1.34 bits per heavy atom. The van der Waals surface area contributed by atoms with E-state index in [-0.39, 0.29) is 36.0 Å². The average Bonchev–Trinajstić information content (AvgIpc) is 2.61. The van der Waals surface area contributed by atoms with Gasteiger partial charge in [-0.05, 0) is 52.5 Å². The molecule has 1 aliphatic carbocycles. The van der Waals surface area contributed by atoms with Gasteiger partial charge in [-0.3, -0.25) is 4.79 Å². The summed E-state index contributed by atoms with van der Waals surface area (Å²) >= 11 is 0. The van der Waals surface area contributed by atoms with Crippen molar-refractivity contribution in [1.82, 2.24) is 9.88 Å². The van der Waals surface area contributed by atoms with Gasteiger partial charge in [0.2, 0.25) is 5.88 Å². The minimum absolute atomic E-state index is 0.113. The summed E-state index contributed by atoms with van der Waals surface area (Å²) in [4.78, 5) is 28.5. The fourth-order valence-electron chi connectivity index (χ4n) is 3.66. The van der Waals surface area contributed by atoms with Crippen LogP contribution in [0, 0.1) is 5.82 Å². The zero-order valence-electron chi connectivity index (χ0n) is 16.9. The summed E-state index contributed by atoms with van der Waals surface area (Å²) < 4.78 is 31.9. The maximum Gasteiger partial charge on any atom is 0.407 e. The molecular formula is C19H28F2N4O4. The molecule has 0 bridgehead atoms. The van der Waals surface area contributed by atoms with E-state index in [0.717, 1.165) is 6.07 Å². The first-order valence-electron chi connectivity index (χ1n) is 9.52. The van der Waals surface area contributed by atoms with Crippen molar-refractivity contribution >= 4 is 17.8 Å². The lowest BCUT2D eigenvalue weighted by Crippen LogP contribution is -2.52. The molecular weight excluding hydrogens is 386 g/mol. The zero-order valence-corrected chi connectivity index (χ0v) is 16.9. The predicted molar refractivity (Wildman–Crippen MR) is 103 cm³/mol. The molecule has 1 fully saturated rings. The van der Waals surface area contributed by atoms with Gasteiger partial charge >= 0.3 is 6.09 Å². The average molecular weight is 414 g/mol. The molecule has 0 unspecified atom stereocenters. The Hall–Kier alpha value is -2.65. The number of rotatable bonds is 7. The maximum atomic E-state index is 14.4. The Morgan fingerprint density at radius 2 is 1.97 bits per heavy atom. The van der Waals surface area contributed by atoms with Gasteiger partial charge in [0.1, 0.15) is 18.8 Å². The van der Waals surface area contributed by atoms with Crippen molar-refractivity contribution in [2.24, 2.45) is 5.73 Å².